The molecule has 0 atom stereocenters. The summed E-state index contributed by atoms with van der Waals surface area (Å²) in [4.78, 5) is 11.8. The number of fused-ring (bicyclic) bond motifs is 3. The predicted molar refractivity (Wildman–Crippen MR) is 47.1 cm³/mol. The Morgan fingerprint density at radius 2 is 2.00 bits per heavy atom. The van der Waals surface area contributed by atoms with Crippen molar-refractivity contribution >= 4 is 5.97 Å². The summed E-state index contributed by atoms with van der Waals surface area (Å²) in [6, 6.07) is 0. The van der Waals surface area contributed by atoms with Crippen LogP contribution < -0.4 is 0 Å². The van der Waals surface area contributed by atoms with E-state index in [0.29, 0.717) is 0 Å². The van der Waals surface area contributed by atoms with Crippen molar-refractivity contribution in [2.45, 2.75) is 44.0 Å². The molecule has 3 heteroatoms. The van der Waals surface area contributed by atoms with Crippen LogP contribution in [0.1, 0.15) is 43.9 Å². The molecule has 13 heavy (non-hydrogen) atoms. The molecule has 3 aliphatic rings. The molecule has 3 aliphatic carbocycles. The van der Waals surface area contributed by atoms with Crippen LogP contribution in [0.25, 0.3) is 0 Å². The van der Waals surface area contributed by atoms with Crippen LogP contribution in [0.2, 0.25) is 0 Å². The number of rotatable bonds is 1. The van der Waals surface area contributed by atoms with Crippen LogP contribution in [0.5, 0.6) is 0 Å². The van der Waals surface area contributed by atoms with Crippen molar-refractivity contribution in [2.75, 3.05) is 7.11 Å². The van der Waals surface area contributed by atoms with Crippen molar-refractivity contribution in [3.8, 4) is 0 Å². The van der Waals surface area contributed by atoms with E-state index in [0.717, 1.165) is 0 Å². The molecule has 0 radical (unpaired) electrons. The summed E-state index contributed by atoms with van der Waals surface area (Å²) >= 11 is 0. The van der Waals surface area contributed by atoms with Gasteiger partial charge in [-0.25, -0.2) is 0 Å². The van der Waals surface area contributed by atoms with Crippen LogP contribution in [0.15, 0.2) is 0 Å². The van der Waals surface area contributed by atoms with Gasteiger partial charge in [0.25, 0.3) is 0 Å². The summed E-state index contributed by atoms with van der Waals surface area (Å²) in [7, 11) is 1.18. The number of aliphatic hydroxyl groups is 1. The van der Waals surface area contributed by atoms with E-state index in [9.17, 15) is 9.90 Å². The summed E-state index contributed by atoms with van der Waals surface area (Å²) in [5.41, 5.74) is -3.14. The molecule has 0 unspecified atom stereocenters. The maximum absolute atomic E-state index is 11.8. The largest absolute Gasteiger partial charge is 0.469 e. The van der Waals surface area contributed by atoms with Gasteiger partial charge in [-0.2, -0.15) is 0 Å². The fraction of sp³-hybridized carbons (Fsp3) is 0.900. The lowest BCUT2D eigenvalue weighted by atomic mass is 9.59. The Morgan fingerprint density at radius 1 is 1.38 bits per heavy atom. The van der Waals surface area contributed by atoms with E-state index >= 15 is 0 Å². The second-order valence-corrected chi connectivity index (χ2v) is 3.86. The van der Waals surface area contributed by atoms with Gasteiger partial charge in [0.15, 0.2) is 0 Å². The first-order chi connectivity index (χ1) is 7.65. The van der Waals surface area contributed by atoms with Gasteiger partial charge in [0.1, 0.15) is 0 Å². The number of carbonyl (C=O) groups excluding carboxylic acids is 1. The second-order valence-electron chi connectivity index (χ2n) is 3.86. The van der Waals surface area contributed by atoms with Crippen LogP contribution >= 0.6 is 0 Å². The number of esters is 1. The van der Waals surface area contributed by atoms with Crippen LogP contribution in [0.3, 0.4) is 0 Å². The minimum absolute atomic E-state index is 0.0919. The minimum atomic E-state index is -2.44. The Bertz CT molecular complexity index is 359. The second kappa shape index (κ2) is 2.71. The molecular formula is C10H16O3. The van der Waals surface area contributed by atoms with Gasteiger partial charge < -0.3 is 9.84 Å². The highest BCUT2D eigenvalue weighted by Gasteiger charge is 2.52. The van der Waals surface area contributed by atoms with Crippen molar-refractivity contribution in [1.82, 2.24) is 0 Å². The first-order valence-electron chi connectivity index (χ1n) is 6.45. The summed E-state index contributed by atoms with van der Waals surface area (Å²) in [5.74, 6) is -0.715. The van der Waals surface area contributed by atoms with Gasteiger partial charge >= 0.3 is 5.97 Å². The Labute approximate surface area is 83.7 Å². The number of hydrogen-bond donors (Lipinski definition) is 1. The number of carbonyl (C=O) groups is 1. The van der Waals surface area contributed by atoms with Crippen molar-refractivity contribution in [3.05, 3.63) is 0 Å². The molecule has 0 aromatic carbocycles. The van der Waals surface area contributed by atoms with Gasteiger partial charge in [0.05, 0.1) is 18.1 Å². The number of methoxy groups -OCH3 is 1. The Hall–Kier alpha value is -0.570. The third kappa shape index (κ3) is 1.26. The average Bonchev–Trinajstić information content (AvgIpc) is 2.27. The molecule has 0 heterocycles. The Balaban J connectivity index is 2.55. The van der Waals surface area contributed by atoms with Gasteiger partial charge in [-0.05, 0) is 38.4 Å². The normalized spacial score (nSPS) is 55.5. The van der Waals surface area contributed by atoms with E-state index in [4.69, 9.17) is 5.48 Å². The van der Waals surface area contributed by atoms with Gasteiger partial charge in [-0.15, -0.1) is 0 Å². The summed E-state index contributed by atoms with van der Waals surface area (Å²) in [6.07, 6.45) is -4.42. The molecule has 2 bridgehead atoms. The molecule has 1 N–H and O–H groups in total. The lowest BCUT2D eigenvalue weighted by Crippen LogP contribution is -2.49. The minimum Gasteiger partial charge on any atom is -0.469 e. The quantitative estimate of drug-likeness (QED) is 0.630. The predicted octanol–water partition coefficient (Wildman–Crippen LogP) is 1.24. The molecule has 0 aliphatic heterocycles. The zero-order chi connectivity index (χ0) is 13.1. The maximum atomic E-state index is 11.8. The highest BCUT2D eigenvalue weighted by Crippen LogP contribution is 2.52. The lowest BCUT2D eigenvalue weighted by molar-refractivity contribution is -0.168. The molecule has 3 fully saturated rings. The molecule has 0 aromatic rings. The van der Waals surface area contributed by atoms with E-state index in [1.54, 1.807) is 0 Å². The molecule has 0 aromatic heterocycles. The van der Waals surface area contributed by atoms with Gasteiger partial charge in [0, 0.05) is 5.48 Å². The summed E-state index contributed by atoms with van der Waals surface area (Å²) < 4.78 is 36.2. The average molecular weight is 188 g/mol. The van der Waals surface area contributed by atoms with E-state index in [2.05, 4.69) is 4.74 Å². The number of ether oxygens (including phenoxy) is 1. The first-order valence-corrected chi connectivity index (χ1v) is 4.45. The van der Waals surface area contributed by atoms with E-state index in [1.165, 1.54) is 7.11 Å². The van der Waals surface area contributed by atoms with Crippen LogP contribution in [0, 0.1) is 5.41 Å². The zero-order valence-corrected chi connectivity index (χ0v) is 7.59. The molecule has 0 amide bonds. The molecule has 0 saturated heterocycles. The topological polar surface area (TPSA) is 46.5 Å². The highest BCUT2D eigenvalue weighted by atomic mass is 16.5. The standard InChI is InChI=1S/C10H16O3/c1-13-8(11)9-2-5-10(12,6-3-9)7-4-9/h12H,2-7H2,1H3/i2D2,5D2. The summed E-state index contributed by atoms with van der Waals surface area (Å²) in [5, 5.41) is 10.2. The third-order valence-electron chi connectivity index (χ3n) is 3.04. The van der Waals surface area contributed by atoms with E-state index < -0.39 is 29.7 Å². The molecule has 0 spiro atoms. The van der Waals surface area contributed by atoms with Crippen molar-refractivity contribution in [2.24, 2.45) is 5.41 Å². The van der Waals surface area contributed by atoms with Crippen LogP contribution in [-0.2, 0) is 9.53 Å². The van der Waals surface area contributed by atoms with Crippen LogP contribution in [0.4, 0.5) is 0 Å². The molecular weight excluding hydrogens is 168 g/mol. The first kappa shape index (κ1) is 5.35. The van der Waals surface area contributed by atoms with E-state index in [1.807, 2.05) is 0 Å². The van der Waals surface area contributed by atoms with Crippen molar-refractivity contribution in [1.29, 1.82) is 0 Å². The fourth-order valence-electron chi connectivity index (χ4n) is 2.03. The molecule has 3 rings (SSSR count). The molecule has 3 nitrogen and oxygen atoms in total. The fourth-order valence-corrected chi connectivity index (χ4v) is 2.03. The SMILES string of the molecule is [2H]C1([2H])C2(O)CCC(C(=O)OC)(CC2)C1([2H])[2H]. The van der Waals surface area contributed by atoms with Crippen LogP contribution in [-0.4, -0.2) is 23.8 Å². The Morgan fingerprint density at radius 3 is 2.54 bits per heavy atom. The monoisotopic (exact) mass is 188 g/mol. The van der Waals surface area contributed by atoms with Crippen molar-refractivity contribution in [3.63, 3.8) is 0 Å². The van der Waals surface area contributed by atoms with Crippen molar-refractivity contribution < 1.29 is 20.1 Å². The molecule has 74 valence electrons. The summed E-state index contributed by atoms with van der Waals surface area (Å²) in [6.45, 7) is 0. The number of hydrogen-bond acceptors (Lipinski definition) is 3. The third-order valence-corrected chi connectivity index (χ3v) is 3.04. The highest BCUT2D eigenvalue weighted by molar-refractivity contribution is 5.77. The molecule has 3 saturated carbocycles. The van der Waals surface area contributed by atoms with E-state index in [-0.39, 0.29) is 25.7 Å². The maximum Gasteiger partial charge on any atom is 0.311 e. The van der Waals surface area contributed by atoms with Gasteiger partial charge in [0.2, 0.25) is 0 Å². The zero-order valence-electron chi connectivity index (χ0n) is 11.6. The Kier molecular flexibility index (Phi) is 1.11. The lowest BCUT2D eigenvalue weighted by Gasteiger charge is -2.48. The van der Waals surface area contributed by atoms with Gasteiger partial charge in [-0.1, -0.05) is 0 Å². The van der Waals surface area contributed by atoms with Gasteiger partial charge in [-0.3, -0.25) is 4.79 Å². The smallest absolute Gasteiger partial charge is 0.311 e.